The van der Waals surface area contributed by atoms with Crippen LogP contribution in [0.3, 0.4) is 0 Å². The van der Waals surface area contributed by atoms with Crippen molar-refractivity contribution in [2.75, 3.05) is 0 Å². The highest BCUT2D eigenvalue weighted by molar-refractivity contribution is 5.25. The minimum atomic E-state index is -0.0955. The number of imidazole rings is 1. The lowest BCUT2D eigenvalue weighted by atomic mass is 9.48. The molecule has 136 valence electrons. The predicted octanol–water partition coefficient (Wildman–Crippen LogP) is 4.75. The van der Waals surface area contributed by atoms with Gasteiger partial charge in [0.2, 0.25) is 0 Å². The Kier molecular flexibility index (Phi) is 3.51. The largest absolute Gasteiger partial charge is 0.393 e. The minimum Gasteiger partial charge on any atom is -0.393 e. The zero-order valence-electron chi connectivity index (χ0n) is 15.7. The average molecular weight is 341 g/mol. The van der Waals surface area contributed by atoms with Gasteiger partial charge in [0.05, 0.1) is 12.4 Å². The zero-order valence-corrected chi connectivity index (χ0v) is 15.7. The van der Waals surface area contributed by atoms with Crippen LogP contribution in [0.5, 0.6) is 0 Å². The van der Waals surface area contributed by atoms with Crippen LogP contribution in [0.15, 0.2) is 30.4 Å². The Labute approximate surface area is 151 Å². The third-order valence-corrected chi connectivity index (χ3v) is 8.91. The number of fused-ring (bicyclic) bond motifs is 5. The molecule has 0 spiro atoms. The Morgan fingerprint density at radius 1 is 1.12 bits per heavy atom. The first-order valence-corrected chi connectivity index (χ1v) is 10.4. The predicted molar refractivity (Wildman–Crippen MR) is 99.0 cm³/mol. The van der Waals surface area contributed by atoms with E-state index < -0.39 is 0 Å². The fourth-order valence-electron chi connectivity index (χ4n) is 7.56. The summed E-state index contributed by atoms with van der Waals surface area (Å²) in [5.41, 5.74) is 2.37. The number of aromatic nitrogens is 2. The standard InChI is InChI=1S/C22H32N2O/c1-21-9-7-16(25)13-15(21)3-4-17-18-5-6-20(24-12-11-23-14-24)22(18,2)10-8-19(17)21/h3,11-12,14,16-20,25H,4-10,13H2,1-2H3/t16-,17?,18?,19?,20?,21-,22-/m0/s1. The van der Waals surface area contributed by atoms with Crippen LogP contribution in [-0.4, -0.2) is 20.8 Å². The molecule has 4 aliphatic rings. The highest BCUT2D eigenvalue weighted by Crippen LogP contribution is 2.67. The van der Waals surface area contributed by atoms with E-state index in [2.05, 4.69) is 35.7 Å². The van der Waals surface area contributed by atoms with E-state index in [0.29, 0.717) is 16.9 Å². The van der Waals surface area contributed by atoms with Crippen molar-refractivity contribution in [3.05, 3.63) is 30.4 Å². The lowest BCUT2D eigenvalue weighted by Crippen LogP contribution is -2.50. The topological polar surface area (TPSA) is 38.0 Å². The molecule has 0 bridgehead atoms. The monoisotopic (exact) mass is 340 g/mol. The summed E-state index contributed by atoms with van der Waals surface area (Å²) in [6, 6.07) is 0.632. The Morgan fingerprint density at radius 2 is 2.00 bits per heavy atom. The maximum Gasteiger partial charge on any atom is 0.0948 e. The molecule has 0 aromatic carbocycles. The van der Waals surface area contributed by atoms with Crippen molar-refractivity contribution in [1.82, 2.24) is 9.55 Å². The van der Waals surface area contributed by atoms with E-state index in [4.69, 9.17) is 0 Å². The van der Waals surface area contributed by atoms with Crippen molar-refractivity contribution < 1.29 is 5.11 Å². The lowest BCUT2D eigenvalue weighted by molar-refractivity contribution is -0.0475. The fourth-order valence-corrected chi connectivity index (χ4v) is 7.56. The molecular weight excluding hydrogens is 308 g/mol. The van der Waals surface area contributed by atoms with Gasteiger partial charge in [0, 0.05) is 18.4 Å². The van der Waals surface area contributed by atoms with Crippen LogP contribution in [-0.2, 0) is 0 Å². The number of allylic oxidation sites excluding steroid dienone is 1. The Hall–Kier alpha value is -1.09. The number of nitrogens with zero attached hydrogens (tertiary/aromatic N) is 2. The molecule has 5 rings (SSSR count). The van der Waals surface area contributed by atoms with E-state index >= 15 is 0 Å². The summed E-state index contributed by atoms with van der Waals surface area (Å²) in [6.07, 6.45) is 18.4. The normalized spacial score (nSPS) is 49.1. The van der Waals surface area contributed by atoms with Crippen molar-refractivity contribution in [3.8, 4) is 0 Å². The number of rotatable bonds is 1. The number of hydrogen-bond donors (Lipinski definition) is 1. The SMILES string of the molecule is C[C@]12CCC3C(CC=C4C[C@@H](O)CC[C@@]43C)C1CCC2n1ccnc1. The minimum absolute atomic E-state index is 0.0955. The van der Waals surface area contributed by atoms with E-state index in [1.165, 1.54) is 38.5 Å². The highest BCUT2D eigenvalue weighted by Gasteiger charge is 2.58. The molecule has 1 heterocycles. The Bertz CT molecular complexity index is 680. The molecular formula is C22H32N2O. The van der Waals surface area contributed by atoms with Crippen LogP contribution in [0.25, 0.3) is 0 Å². The van der Waals surface area contributed by atoms with E-state index in [1.54, 1.807) is 5.57 Å². The molecule has 3 fully saturated rings. The maximum absolute atomic E-state index is 10.1. The van der Waals surface area contributed by atoms with E-state index in [9.17, 15) is 5.11 Å². The molecule has 0 aliphatic heterocycles. The summed E-state index contributed by atoms with van der Waals surface area (Å²) in [5, 5.41) is 10.1. The van der Waals surface area contributed by atoms with Crippen molar-refractivity contribution in [2.45, 2.75) is 77.4 Å². The highest BCUT2D eigenvalue weighted by atomic mass is 16.3. The van der Waals surface area contributed by atoms with Crippen LogP contribution in [0.4, 0.5) is 0 Å². The van der Waals surface area contributed by atoms with Gasteiger partial charge in [-0.15, -0.1) is 0 Å². The van der Waals surface area contributed by atoms with Crippen LogP contribution in [0.2, 0.25) is 0 Å². The van der Waals surface area contributed by atoms with E-state index in [0.717, 1.165) is 30.6 Å². The fraction of sp³-hybridized carbons (Fsp3) is 0.773. The first kappa shape index (κ1) is 16.1. The van der Waals surface area contributed by atoms with Gasteiger partial charge in [0.15, 0.2) is 0 Å². The summed E-state index contributed by atoms with van der Waals surface area (Å²) in [7, 11) is 0. The summed E-state index contributed by atoms with van der Waals surface area (Å²) in [5.74, 6) is 2.52. The maximum atomic E-state index is 10.1. The van der Waals surface area contributed by atoms with E-state index in [-0.39, 0.29) is 6.10 Å². The smallest absolute Gasteiger partial charge is 0.0948 e. The second-order valence-corrected chi connectivity index (χ2v) is 9.80. The molecule has 3 heteroatoms. The summed E-state index contributed by atoms with van der Waals surface area (Å²) >= 11 is 0. The van der Waals surface area contributed by atoms with Crippen molar-refractivity contribution >= 4 is 0 Å². The van der Waals surface area contributed by atoms with Crippen molar-refractivity contribution in [2.24, 2.45) is 28.6 Å². The molecule has 3 nitrogen and oxygen atoms in total. The molecule has 7 atom stereocenters. The molecule has 4 aliphatic carbocycles. The summed E-state index contributed by atoms with van der Waals surface area (Å²) < 4.78 is 2.39. The lowest BCUT2D eigenvalue weighted by Gasteiger charge is -2.58. The number of aliphatic hydroxyl groups is 1. The van der Waals surface area contributed by atoms with Gasteiger partial charge in [0.25, 0.3) is 0 Å². The Morgan fingerprint density at radius 3 is 2.80 bits per heavy atom. The molecule has 1 aromatic rings. The molecule has 25 heavy (non-hydrogen) atoms. The zero-order chi connectivity index (χ0) is 17.2. The third-order valence-electron chi connectivity index (χ3n) is 8.91. The van der Waals surface area contributed by atoms with Crippen LogP contribution in [0.1, 0.15) is 71.3 Å². The number of aliphatic hydroxyl groups excluding tert-OH is 1. The van der Waals surface area contributed by atoms with Crippen LogP contribution in [0, 0.1) is 28.6 Å². The average Bonchev–Trinajstić information content (AvgIpc) is 3.22. The van der Waals surface area contributed by atoms with E-state index in [1.807, 2.05) is 12.5 Å². The van der Waals surface area contributed by atoms with Crippen LogP contribution < -0.4 is 0 Å². The van der Waals surface area contributed by atoms with Crippen LogP contribution >= 0.6 is 0 Å². The summed E-state index contributed by atoms with van der Waals surface area (Å²) in [6.45, 7) is 5.09. The molecule has 0 radical (unpaired) electrons. The molecule has 0 saturated heterocycles. The van der Waals surface area contributed by atoms with Crippen molar-refractivity contribution in [3.63, 3.8) is 0 Å². The Balaban J connectivity index is 1.47. The van der Waals surface area contributed by atoms with Gasteiger partial charge in [-0.2, -0.15) is 0 Å². The molecule has 0 amide bonds. The summed E-state index contributed by atoms with van der Waals surface area (Å²) in [4.78, 5) is 4.32. The first-order chi connectivity index (χ1) is 12.0. The van der Waals surface area contributed by atoms with Gasteiger partial charge in [-0.1, -0.05) is 25.5 Å². The van der Waals surface area contributed by atoms with Gasteiger partial charge in [-0.05, 0) is 80.0 Å². The molecule has 1 aromatic heterocycles. The van der Waals surface area contributed by atoms with Gasteiger partial charge >= 0.3 is 0 Å². The third kappa shape index (κ3) is 2.17. The van der Waals surface area contributed by atoms with Crippen molar-refractivity contribution in [1.29, 1.82) is 0 Å². The first-order valence-electron chi connectivity index (χ1n) is 10.4. The van der Waals surface area contributed by atoms with Gasteiger partial charge in [-0.25, -0.2) is 4.98 Å². The second kappa shape index (κ2) is 5.45. The molecule has 1 N–H and O–H groups in total. The second-order valence-electron chi connectivity index (χ2n) is 9.80. The molecule has 3 saturated carbocycles. The molecule has 4 unspecified atom stereocenters. The number of hydrogen-bond acceptors (Lipinski definition) is 2. The van der Waals surface area contributed by atoms with Gasteiger partial charge in [-0.3, -0.25) is 0 Å². The quantitative estimate of drug-likeness (QED) is 0.749. The van der Waals surface area contributed by atoms with Gasteiger partial charge < -0.3 is 9.67 Å². The van der Waals surface area contributed by atoms with Gasteiger partial charge in [0.1, 0.15) is 0 Å².